The van der Waals surface area contributed by atoms with Gasteiger partial charge < -0.3 is 10.6 Å². The number of carbonyl (C=O) groups excluding carboxylic acids is 2. The number of alkyl halides is 3. The highest BCUT2D eigenvalue weighted by Crippen LogP contribution is 2.34. The van der Waals surface area contributed by atoms with Crippen LogP contribution < -0.4 is 10.6 Å². The number of hydrogen-bond donors (Lipinski definition) is 2. The molecule has 0 radical (unpaired) electrons. The predicted octanol–water partition coefficient (Wildman–Crippen LogP) is 4.53. The van der Waals surface area contributed by atoms with Gasteiger partial charge in [-0.05, 0) is 36.4 Å². The Bertz CT molecular complexity index is 851. The standard InChI is InChI=1S/C18H14ClF3N2O2/c1-2-8-23-16(25)11-4-3-5-12(9-11)17(26)24-15-10-13(18(20,21)22)6-7-14(15)19/h2-7,9-10H,1,8H2,(H,23,25)(H,24,26). The molecule has 0 saturated carbocycles. The fourth-order valence-corrected chi connectivity index (χ4v) is 2.23. The van der Waals surface area contributed by atoms with E-state index >= 15 is 0 Å². The van der Waals surface area contributed by atoms with E-state index in [4.69, 9.17) is 11.6 Å². The Kier molecular flexibility index (Phi) is 6.05. The van der Waals surface area contributed by atoms with Crippen molar-refractivity contribution in [3.05, 3.63) is 76.8 Å². The largest absolute Gasteiger partial charge is 0.416 e. The molecule has 2 N–H and O–H groups in total. The molecule has 0 unspecified atom stereocenters. The summed E-state index contributed by atoms with van der Waals surface area (Å²) in [5.74, 6) is -1.10. The van der Waals surface area contributed by atoms with Crippen molar-refractivity contribution in [1.82, 2.24) is 5.32 Å². The van der Waals surface area contributed by atoms with Crippen LogP contribution in [0.2, 0.25) is 5.02 Å². The van der Waals surface area contributed by atoms with E-state index in [0.29, 0.717) is 0 Å². The Morgan fingerprint density at radius 2 is 1.73 bits per heavy atom. The molecule has 0 aliphatic rings. The first-order valence-electron chi connectivity index (χ1n) is 7.39. The summed E-state index contributed by atoms with van der Waals surface area (Å²) in [7, 11) is 0. The van der Waals surface area contributed by atoms with E-state index in [-0.39, 0.29) is 28.4 Å². The molecular weight excluding hydrogens is 369 g/mol. The molecule has 0 heterocycles. The zero-order valence-electron chi connectivity index (χ0n) is 13.4. The number of nitrogens with one attached hydrogen (secondary N) is 2. The fourth-order valence-electron chi connectivity index (χ4n) is 2.06. The second kappa shape index (κ2) is 8.05. The summed E-state index contributed by atoms with van der Waals surface area (Å²) in [5.41, 5.74) is -0.776. The van der Waals surface area contributed by atoms with Gasteiger partial charge in [-0.25, -0.2) is 0 Å². The Hall–Kier alpha value is -2.80. The highest BCUT2D eigenvalue weighted by Gasteiger charge is 2.31. The number of rotatable bonds is 5. The highest BCUT2D eigenvalue weighted by atomic mass is 35.5. The lowest BCUT2D eigenvalue weighted by Gasteiger charge is -2.12. The zero-order valence-corrected chi connectivity index (χ0v) is 14.1. The molecule has 0 spiro atoms. The van der Waals surface area contributed by atoms with Crippen molar-refractivity contribution >= 4 is 29.1 Å². The number of hydrogen-bond acceptors (Lipinski definition) is 2. The highest BCUT2D eigenvalue weighted by molar-refractivity contribution is 6.34. The molecule has 136 valence electrons. The Morgan fingerprint density at radius 1 is 1.08 bits per heavy atom. The Morgan fingerprint density at radius 3 is 2.35 bits per heavy atom. The van der Waals surface area contributed by atoms with Gasteiger partial charge in [-0.1, -0.05) is 23.7 Å². The van der Waals surface area contributed by atoms with Crippen molar-refractivity contribution < 1.29 is 22.8 Å². The van der Waals surface area contributed by atoms with Crippen LogP contribution >= 0.6 is 11.6 Å². The maximum atomic E-state index is 12.8. The van der Waals surface area contributed by atoms with Gasteiger partial charge in [0.1, 0.15) is 0 Å². The first kappa shape index (κ1) is 19.5. The van der Waals surface area contributed by atoms with Gasteiger partial charge in [0.05, 0.1) is 16.3 Å². The van der Waals surface area contributed by atoms with E-state index in [0.717, 1.165) is 18.2 Å². The monoisotopic (exact) mass is 382 g/mol. The SMILES string of the molecule is C=CCNC(=O)c1cccc(C(=O)Nc2cc(C(F)(F)F)ccc2Cl)c1. The maximum Gasteiger partial charge on any atom is 0.416 e. The molecule has 2 rings (SSSR count). The van der Waals surface area contributed by atoms with Crippen LogP contribution in [0.25, 0.3) is 0 Å². The van der Waals surface area contributed by atoms with Crippen molar-refractivity contribution in [3.8, 4) is 0 Å². The van der Waals surface area contributed by atoms with Crippen LogP contribution in [0.3, 0.4) is 0 Å². The molecular formula is C18H14ClF3N2O2. The van der Waals surface area contributed by atoms with Crippen LogP contribution in [0.5, 0.6) is 0 Å². The summed E-state index contributed by atoms with van der Waals surface area (Å²) < 4.78 is 38.4. The fraction of sp³-hybridized carbons (Fsp3) is 0.111. The molecule has 0 saturated heterocycles. The van der Waals surface area contributed by atoms with Gasteiger partial charge in [-0.2, -0.15) is 13.2 Å². The molecule has 2 amide bonds. The Labute approximate surface area is 152 Å². The molecule has 2 aromatic carbocycles. The lowest BCUT2D eigenvalue weighted by atomic mass is 10.1. The van der Waals surface area contributed by atoms with Gasteiger partial charge in [-0.3, -0.25) is 9.59 Å². The van der Waals surface area contributed by atoms with Gasteiger partial charge >= 0.3 is 6.18 Å². The smallest absolute Gasteiger partial charge is 0.349 e. The van der Waals surface area contributed by atoms with Gasteiger partial charge in [0.15, 0.2) is 0 Å². The maximum absolute atomic E-state index is 12.8. The van der Waals surface area contributed by atoms with Crippen LogP contribution in [-0.2, 0) is 6.18 Å². The third kappa shape index (κ3) is 4.86. The van der Waals surface area contributed by atoms with E-state index in [1.807, 2.05) is 0 Å². The van der Waals surface area contributed by atoms with Gasteiger partial charge in [0, 0.05) is 17.7 Å². The van der Waals surface area contributed by atoms with Crippen LogP contribution in [0.4, 0.5) is 18.9 Å². The Balaban J connectivity index is 2.23. The summed E-state index contributed by atoms with van der Waals surface area (Å²) in [6.45, 7) is 3.74. The van der Waals surface area contributed by atoms with E-state index in [1.54, 1.807) is 0 Å². The van der Waals surface area contributed by atoms with Crippen LogP contribution in [-0.4, -0.2) is 18.4 Å². The molecule has 0 aromatic heterocycles. The lowest BCUT2D eigenvalue weighted by Crippen LogP contribution is -2.23. The average Bonchev–Trinajstić information content (AvgIpc) is 2.60. The van der Waals surface area contributed by atoms with Crippen LogP contribution in [0.1, 0.15) is 26.3 Å². The van der Waals surface area contributed by atoms with Crippen molar-refractivity contribution in [2.45, 2.75) is 6.18 Å². The second-order valence-electron chi connectivity index (χ2n) is 5.23. The minimum absolute atomic E-state index is 0.0359. The lowest BCUT2D eigenvalue weighted by molar-refractivity contribution is -0.137. The summed E-state index contributed by atoms with van der Waals surface area (Å²) in [4.78, 5) is 24.2. The summed E-state index contributed by atoms with van der Waals surface area (Å²) >= 11 is 5.86. The average molecular weight is 383 g/mol. The molecule has 4 nitrogen and oxygen atoms in total. The van der Waals surface area contributed by atoms with Crippen LogP contribution in [0, 0.1) is 0 Å². The van der Waals surface area contributed by atoms with Gasteiger partial charge in [0.2, 0.25) is 0 Å². The van der Waals surface area contributed by atoms with Gasteiger partial charge in [0.25, 0.3) is 11.8 Å². The third-order valence-electron chi connectivity index (χ3n) is 3.34. The first-order chi connectivity index (χ1) is 12.2. The number of carbonyl (C=O) groups is 2. The molecule has 0 aliphatic carbocycles. The van der Waals surface area contributed by atoms with Crippen molar-refractivity contribution in [3.63, 3.8) is 0 Å². The molecule has 0 bridgehead atoms. The predicted molar refractivity (Wildman–Crippen MR) is 93.4 cm³/mol. The molecule has 0 atom stereocenters. The number of anilines is 1. The zero-order chi connectivity index (χ0) is 19.3. The number of amides is 2. The topological polar surface area (TPSA) is 58.2 Å². The normalized spacial score (nSPS) is 10.9. The summed E-state index contributed by atoms with van der Waals surface area (Å²) in [6.07, 6.45) is -3.06. The van der Waals surface area contributed by atoms with Crippen molar-refractivity contribution in [2.24, 2.45) is 0 Å². The number of benzene rings is 2. The minimum Gasteiger partial charge on any atom is -0.349 e. The molecule has 0 fully saturated rings. The summed E-state index contributed by atoms with van der Waals surface area (Å²) in [6, 6.07) is 8.39. The van der Waals surface area contributed by atoms with E-state index in [2.05, 4.69) is 17.2 Å². The van der Waals surface area contributed by atoms with Crippen LogP contribution in [0.15, 0.2) is 55.1 Å². The van der Waals surface area contributed by atoms with Gasteiger partial charge in [-0.15, -0.1) is 6.58 Å². The quantitative estimate of drug-likeness (QED) is 0.746. The van der Waals surface area contributed by atoms with Crippen molar-refractivity contribution in [2.75, 3.05) is 11.9 Å². The van der Waals surface area contributed by atoms with E-state index in [1.165, 1.54) is 30.3 Å². The first-order valence-corrected chi connectivity index (χ1v) is 7.77. The second-order valence-corrected chi connectivity index (χ2v) is 5.63. The third-order valence-corrected chi connectivity index (χ3v) is 3.67. The molecule has 26 heavy (non-hydrogen) atoms. The molecule has 0 aliphatic heterocycles. The van der Waals surface area contributed by atoms with Crippen molar-refractivity contribution in [1.29, 1.82) is 0 Å². The molecule has 8 heteroatoms. The number of halogens is 4. The van der Waals surface area contributed by atoms with E-state index < -0.39 is 23.6 Å². The summed E-state index contributed by atoms with van der Waals surface area (Å²) in [5, 5.41) is 4.86. The van der Waals surface area contributed by atoms with E-state index in [9.17, 15) is 22.8 Å². The minimum atomic E-state index is -4.56. The molecule has 2 aromatic rings.